The van der Waals surface area contributed by atoms with E-state index in [0.29, 0.717) is 0 Å². The molecule has 0 nitrogen and oxygen atoms in total. The van der Waals surface area contributed by atoms with E-state index in [9.17, 15) is 0 Å². The molecule has 0 spiro atoms. The molecule has 1 heteroatoms. The predicted octanol–water partition coefficient (Wildman–Crippen LogP) is -0.819. The van der Waals surface area contributed by atoms with Crippen molar-refractivity contribution in [2.75, 3.05) is 0 Å². The Kier molecular flexibility index (Phi) is 4.89. The van der Waals surface area contributed by atoms with Gasteiger partial charge in [0, 0.05) is 0 Å². The van der Waals surface area contributed by atoms with Crippen molar-refractivity contribution >= 4 is 0 Å². The number of aryl methyl sites for hydroxylation is 1. The minimum Gasteiger partial charge on any atom is -0.199 e. The molecule has 0 aromatic heterocycles. The molecule has 9 heavy (non-hydrogen) atoms. The summed E-state index contributed by atoms with van der Waals surface area (Å²) in [5.74, 6) is 0. The van der Waals surface area contributed by atoms with Gasteiger partial charge < -0.3 is 0 Å². The van der Waals surface area contributed by atoms with Crippen LogP contribution in [0.1, 0.15) is 11.1 Å². The number of hydrogen-bond donors (Lipinski definition) is 0. The normalized spacial score (nSPS) is 8.11. The third-order valence-corrected chi connectivity index (χ3v) is 1.12. The van der Waals surface area contributed by atoms with Crippen molar-refractivity contribution in [2.24, 2.45) is 0 Å². The Morgan fingerprint density at radius 3 is 1.89 bits per heavy atom. The Labute approximate surface area is 99.1 Å². The van der Waals surface area contributed by atoms with Crippen molar-refractivity contribution in [1.29, 1.82) is 0 Å². The molecule has 0 heterocycles. The fraction of sp³-hybridized carbons (Fsp3) is 0.125. The zero-order valence-electron chi connectivity index (χ0n) is 6.02. The molecular weight excluding hydrogens is 135 g/mol. The van der Waals surface area contributed by atoms with Gasteiger partial charge in [0.25, 0.3) is 0 Å². The molecule has 0 amide bonds. The van der Waals surface area contributed by atoms with Gasteiger partial charge in [0.1, 0.15) is 0 Å². The van der Waals surface area contributed by atoms with Crippen LogP contribution in [0.4, 0.5) is 0 Å². The first-order valence-electron chi connectivity index (χ1n) is 2.67. The SMILES string of the molecule is [CH2-]c1ccc(C)cc1.[K+]. The first-order valence-corrected chi connectivity index (χ1v) is 2.67. The van der Waals surface area contributed by atoms with E-state index >= 15 is 0 Å². The molecule has 0 aliphatic carbocycles. The summed E-state index contributed by atoms with van der Waals surface area (Å²) in [6, 6.07) is 8.13. The van der Waals surface area contributed by atoms with E-state index in [1.807, 2.05) is 12.1 Å². The first kappa shape index (κ1) is 9.73. The maximum atomic E-state index is 3.76. The van der Waals surface area contributed by atoms with E-state index in [2.05, 4.69) is 26.0 Å². The quantitative estimate of drug-likeness (QED) is 0.330. The van der Waals surface area contributed by atoms with Crippen LogP contribution < -0.4 is 51.4 Å². The summed E-state index contributed by atoms with van der Waals surface area (Å²) >= 11 is 0. The maximum absolute atomic E-state index is 3.76. The molecule has 1 aromatic carbocycles. The molecular formula is C8H9K. The molecule has 0 fully saturated rings. The fourth-order valence-corrected chi connectivity index (χ4v) is 0.588. The average molecular weight is 144 g/mol. The Morgan fingerprint density at radius 1 is 1.11 bits per heavy atom. The van der Waals surface area contributed by atoms with Crippen LogP contribution in [-0.2, 0) is 0 Å². The van der Waals surface area contributed by atoms with E-state index in [1.54, 1.807) is 0 Å². The van der Waals surface area contributed by atoms with E-state index in [-0.39, 0.29) is 51.4 Å². The molecule has 1 rings (SSSR count). The van der Waals surface area contributed by atoms with Crippen LogP contribution in [0.25, 0.3) is 0 Å². The number of hydrogen-bond acceptors (Lipinski definition) is 0. The summed E-state index contributed by atoms with van der Waals surface area (Å²) in [6.45, 7) is 5.83. The van der Waals surface area contributed by atoms with E-state index in [1.165, 1.54) is 5.56 Å². The van der Waals surface area contributed by atoms with E-state index < -0.39 is 0 Å². The predicted molar refractivity (Wildman–Crippen MR) is 35.6 cm³/mol. The van der Waals surface area contributed by atoms with Gasteiger partial charge in [0.15, 0.2) is 0 Å². The van der Waals surface area contributed by atoms with Gasteiger partial charge >= 0.3 is 51.4 Å². The van der Waals surface area contributed by atoms with Crippen molar-refractivity contribution in [3.05, 3.63) is 42.3 Å². The minimum absolute atomic E-state index is 0. The van der Waals surface area contributed by atoms with Crippen LogP contribution in [0.5, 0.6) is 0 Å². The molecule has 0 aliphatic rings. The van der Waals surface area contributed by atoms with Gasteiger partial charge in [0.2, 0.25) is 0 Å². The monoisotopic (exact) mass is 144 g/mol. The second-order valence-electron chi connectivity index (χ2n) is 1.99. The van der Waals surface area contributed by atoms with Crippen LogP contribution in [0.2, 0.25) is 0 Å². The Morgan fingerprint density at radius 2 is 1.56 bits per heavy atom. The maximum Gasteiger partial charge on any atom is 1.00 e. The van der Waals surface area contributed by atoms with E-state index in [0.717, 1.165) is 5.56 Å². The smallest absolute Gasteiger partial charge is 0.199 e. The van der Waals surface area contributed by atoms with Crippen molar-refractivity contribution in [1.82, 2.24) is 0 Å². The summed E-state index contributed by atoms with van der Waals surface area (Å²) in [5.41, 5.74) is 2.37. The largest absolute Gasteiger partial charge is 1.00 e. The third-order valence-electron chi connectivity index (χ3n) is 1.12. The molecule has 0 radical (unpaired) electrons. The minimum atomic E-state index is 0. The van der Waals surface area contributed by atoms with Crippen molar-refractivity contribution in [3.63, 3.8) is 0 Å². The third kappa shape index (κ3) is 3.43. The molecule has 0 saturated carbocycles. The standard InChI is InChI=1S/C8H9.K/c1-7-3-5-8(2)6-4-7;/h3-6H,1H2,2H3;/q-1;+1. The Balaban J connectivity index is 0.000000640. The van der Waals surface area contributed by atoms with Crippen molar-refractivity contribution < 1.29 is 51.4 Å². The van der Waals surface area contributed by atoms with Gasteiger partial charge in [0.05, 0.1) is 0 Å². The zero-order chi connectivity index (χ0) is 5.98. The number of rotatable bonds is 0. The summed E-state index contributed by atoms with van der Waals surface area (Å²) in [7, 11) is 0. The Bertz CT molecular complexity index is 143. The Hall–Kier alpha value is 0.726. The molecule has 0 aliphatic heterocycles. The fourth-order valence-electron chi connectivity index (χ4n) is 0.588. The van der Waals surface area contributed by atoms with Gasteiger partial charge in [-0.1, -0.05) is 5.56 Å². The van der Waals surface area contributed by atoms with Gasteiger partial charge in [-0.2, -0.15) is 24.6 Å². The molecule has 1 aromatic rings. The molecule has 0 bridgehead atoms. The molecule has 42 valence electrons. The second-order valence-corrected chi connectivity index (χ2v) is 1.99. The van der Waals surface area contributed by atoms with Crippen LogP contribution in [0.3, 0.4) is 0 Å². The van der Waals surface area contributed by atoms with Crippen LogP contribution in [-0.4, -0.2) is 0 Å². The van der Waals surface area contributed by atoms with Gasteiger partial charge in [-0.15, -0.1) is 12.1 Å². The van der Waals surface area contributed by atoms with Gasteiger partial charge in [-0.3, -0.25) is 0 Å². The van der Waals surface area contributed by atoms with Crippen molar-refractivity contribution in [3.8, 4) is 0 Å². The molecule has 0 unspecified atom stereocenters. The van der Waals surface area contributed by atoms with Crippen LogP contribution in [0.15, 0.2) is 24.3 Å². The van der Waals surface area contributed by atoms with Gasteiger partial charge in [-0.05, 0) is 6.92 Å². The van der Waals surface area contributed by atoms with E-state index in [4.69, 9.17) is 0 Å². The number of benzene rings is 1. The van der Waals surface area contributed by atoms with Crippen LogP contribution >= 0.6 is 0 Å². The van der Waals surface area contributed by atoms with Crippen molar-refractivity contribution in [2.45, 2.75) is 6.92 Å². The topological polar surface area (TPSA) is 0 Å². The summed E-state index contributed by atoms with van der Waals surface area (Å²) in [4.78, 5) is 0. The molecule has 0 saturated heterocycles. The molecule has 0 N–H and O–H groups in total. The summed E-state index contributed by atoms with van der Waals surface area (Å²) in [5, 5.41) is 0. The summed E-state index contributed by atoms with van der Waals surface area (Å²) in [6.07, 6.45) is 0. The first-order chi connectivity index (χ1) is 3.79. The molecule has 0 atom stereocenters. The average Bonchev–Trinajstić information content (AvgIpc) is 1.77. The second kappa shape index (κ2) is 4.53. The van der Waals surface area contributed by atoms with Crippen LogP contribution in [0, 0.1) is 13.8 Å². The summed E-state index contributed by atoms with van der Waals surface area (Å²) < 4.78 is 0. The zero-order valence-corrected chi connectivity index (χ0v) is 9.14. The van der Waals surface area contributed by atoms with Gasteiger partial charge in [-0.25, -0.2) is 0 Å².